The predicted octanol–water partition coefficient (Wildman–Crippen LogP) is 4.01. The molecule has 0 aliphatic rings. The number of amides is 1. The molecular formula is C24H21N3O3. The molecule has 0 fully saturated rings. The molecule has 0 saturated heterocycles. The van der Waals surface area contributed by atoms with E-state index in [1.54, 1.807) is 54.1 Å². The molecule has 6 nitrogen and oxygen atoms in total. The normalized spacial score (nSPS) is 10.7. The van der Waals surface area contributed by atoms with Crippen LogP contribution in [0.25, 0.3) is 10.9 Å². The van der Waals surface area contributed by atoms with E-state index in [0.29, 0.717) is 34.5 Å². The van der Waals surface area contributed by atoms with E-state index in [1.165, 1.54) is 0 Å². The van der Waals surface area contributed by atoms with Crippen LogP contribution in [0.4, 0.5) is 5.69 Å². The summed E-state index contributed by atoms with van der Waals surface area (Å²) in [5, 5.41) is 3.30. The lowest BCUT2D eigenvalue weighted by atomic mass is 10.1. The lowest BCUT2D eigenvalue weighted by Crippen LogP contribution is -2.24. The number of anilines is 1. The lowest BCUT2D eigenvalue weighted by molar-refractivity contribution is 0.102. The maximum atomic E-state index is 13.2. The van der Waals surface area contributed by atoms with Crippen LogP contribution in [0.3, 0.4) is 0 Å². The summed E-state index contributed by atoms with van der Waals surface area (Å²) < 4.78 is 6.82. The highest BCUT2D eigenvalue weighted by molar-refractivity contribution is 6.05. The van der Waals surface area contributed by atoms with Crippen LogP contribution in [0, 0.1) is 6.92 Å². The second kappa shape index (κ2) is 8.21. The second-order valence-electron chi connectivity index (χ2n) is 6.95. The third kappa shape index (κ3) is 3.93. The van der Waals surface area contributed by atoms with Crippen molar-refractivity contribution in [3.05, 3.63) is 100 Å². The predicted molar refractivity (Wildman–Crippen MR) is 117 cm³/mol. The Morgan fingerprint density at radius 2 is 1.77 bits per heavy atom. The summed E-state index contributed by atoms with van der Waals surface area (Å²) in [5.74, 6) is 1.16. The van der Waals surface area contributed by atoms with Gasteiger partial charge in [-0.3, -0.25) is 14.2 Å². The summed E-state index contributed by atoms with van der Waals surface area (Å²) in [7, 11) is 1.62. The first-order valence-electron chi connectivity index (χ1n) is 9.55. The number of carbonyl (C=O) groups is 1. The summed E-state index contributed by atoms with van der Waals surface area (Å²) >= 11 is 0. The molecule has 150 valence electrons. The molecule has 1 heterocycles. The monoisotopic (exact) mass is 399 g/mol. The van der Waals surface area contributed by atoms with Gasteiger partial charge in [-0.2, -0.15) is 0 Å². The van der Waals surface area contributed by atoms with E-state index < -0.39 is 0 Å². The first kappa shape index (κ1) is 19.4. The lowest BCUT2D eigenvalue weighted by Gasteiger charge is -2.12. The van der Waals surface area contributed by atoms with Crippen molar-refractivity contribution in [2.75, 3.05) is 12.4 Å². The average Bonchev–Trinajstić information content (AvgIpc) is 2.78. The van der Waals surface area contributed by atoms with E-state index in [9.17, 15) is 9.59 Å². The van der Waals surface area contributed by atoms with Crippen molar-refractivity contribution < 1.29 is 9.53 Å². The van der Waals surface area contributed by atoms with Gasteiger partial charge in [0.2, 0.25) is 0 Å². The quantitative estimate of drug-likeness (QED) is 0.550. The Morgan fingerprint density at radius 3 is 2.47 bits per heavy atom. The molecule has 3 aromatic carbocycles. The molecule has 0 bridgehead atoms. The van der Waals surface area contributed by atoms with Gasteiger partial charge in [0.1, 0.15) is 11.6 Å². The van der Waals surface area contributed by atoms with Gasteiger partial charge in [0.05, 0.1) is 24.6 Å². The minimum atomic E-state index is -0.228. The number of aromatic nitrogens is 2. The number of fused-ring (bicyclic) bond motifs is 1. The van der Waals surface area contributed by atoms with Gasteiger partial charge in [0.25, 0.3) is 11.5 Å². The summed E-state index contributed by atoms with van der Waals surface area (Å²) in [4.78, 5) is 30.2. The van der Waals surface area contributed by atoms with E-state index in [4.69, 9.17) is 4.74 Å². The summed E-state index contributed by atoms with van der Waals surface area (Å²) in [6.45, 7) is 2.22. The van der Waals surface area contributed by atoms with Crippen LogP contribution in [0.1, 0.15) is 21.7 Å². The molecule has 0 radical (unpaired) electrons. The van der Waals surface area contributed by atoms with Crippen molar-refractivity contribution in [1.29, 1.82) is 0 Å². The number of nitrogens with one attached hydrogen (secondary N) is 1. The zero-order valence-electron chi connectivity index (χ0n) is 16.8. The van der Waals surface area contributed by atoms with E-state index in [0.717, 1.165) is 11.3 Å². The second-order valence-corrected chi connectivity index (χ2v) is 6.95. The van der Waals surface area contributed by atoms with Crippen LogP contribution < -0.4 is 15.6 Å². The molecular weight excluding hydrogens is 378 g/mol. The summed E-state index contributed by atoms with van der Waals surface area (Å²) in [5.41, 5.74) is 2.52. The van der Waals surface area contributed by atoms with Crippen molar-refractivity contribution >= 4 is 22.5 Å². The third-order valence-corrected chi connectivity index (χ3v) is 4.94. The topological polar surface area (TPSA) is 73.2 Å². The van der Waals surface area contributed by atoms with E-state index in [2.05, 4.69) is 10.3 Å². The molecule has 0 unspecified atom stereocenters. The van der Waals surface area contributed by atoms with Gasteiger partial charge in [-0.15, -0.1) is 0 Å². The zero-order chi connectivity index (χ0) is 21.1. The van der Waals surface area contributed by atoms with Crippen LogP contribution in [0.15, 0.2) is 77.6 Å². The van der Waals surface area contributed by atoms with Gasteiger partial charge >= 0.3 is 0 Å². The molecule has 0 spiro atoms. The fraction of sp³-hybridized carbons (Fsp3) is 0.125. The molecule has 0 aliphatic carbocycles. The van der Waals surface area contributed by atoms with E-state index >= 15 is 0 Å². The molecule has 0 saturated carbocycles. The Balaban J connectivity index is 1.67. The fourth-order valence-electron chi connectivity index (χ4n) is 3.30. The number of methoxy groups -OCH3 is 1. The summed E-state index contributed by atoms with van der Waals surface area (Å²) in [6, 6.07) is 21.7. The first-order chi connectivity index (χ1) is 14.5. The molecule has 6 heteroatoms. The summed E-state index contributed by atoms with van der Waals surface area (Å²) in [6.07, 6.45) is 0. The van der Waals surface area contributed by atoms with Gasteiger partial charge in [-0.1, -0.05) is 30.3 Å². The molecule has 1 amide bonds. The molecule has 30 heavy (non-hydrogen) atoms. The maximum Gasteiger partial charge on any atom is 0.261 e. The number of nitrogens with zero attached hydrogens (tertiary/aromatic N) is 2. The Bertz CT molecular complexity index is 1260. The zero-order valence-corrected chi connectivity index (χ0v) is 16.8. The maximum absolute atomic E-state index is 13.2. The van der Waals surface area contributed by atoms with Crippen molar-refractivity contribution in [3.8, 4) is 5.75 Å². The number of hydrogen-bond acceptors (Lipinski definition) is 4. The smallest absolute Gasteiger partial charge is 0.261 e. The number of hydrogen-bond donors (Lipinski definition) is 1. The minimum Gasteiger partial charge on any atom is -0.497 e. The van der Waals surface area contributed by atoms with Crippen LogP contribution in [0.2, 0.25) is 0 Å². The molecule has 1 aromatic heterocycles. The SMILES string of the molecule is COc1ccc(Cn2c(C)nc3ccc(NC(=O)c4ccccc4)cc3c2=O)cc1. The van der Waals surface area contributed by atoms with Crippen molar-refractivity contribution in [1.82, 2.24) is 9.55 Å². The Kier molecular flexibility index (Phi) is 5.30. The first-order valence-corrected chi connectivity index (χ1v) is 9.55. The highest BCUT2D eigenvalue weighted by Crippen LogP contribution is 2.18. The number of carbonyl (C=O) groups excluding carboxylic acids is 1. The minimum absolute atomic E-state index is 0.149. The largest absolute Gasteiger partial charge is 0.497 e. The van der Waals surface area contributed by atoms with Crippen LogP contribution >= 0.6 is 0 Å². The van der Waals surface area contributed by atoms with Gasteiger partial charge in [-0.05, 0) is 55.0 Å². The van der Waals surface area contributed by atoms with Gasteiger partial charge in [0, 0.05) is 11.3 Å². The van der Waals surface area contributed by atoms with Gasteiger partial charge in [0.15, 0.2) is 0 Å². The highest BCUT2D eigenvalue weighted by Gasteiger charge is 2.11. The molecule has 0 atom stereocenters. The van der Waals surface area contributed by atoms with Crippen molar-refractivity contribution in [2.24, 2.45) is 0 Å². The Hall–Kier alpha value is -3.93. The molecule has 0 aliphatic heterocycles. The standard InChI is InChI=1S/C24H21N3O3/c1-16-25-22-13-10-19(26-23(28)18-6-4-3-5-7-18)14-21(22)24(29)27(16)15-17-8-11-20(30-2)12-9-17/h3-14H,15H2,1-2H3,(H,26,28). The van der Waals surface area contributed by atoms with Crippen LogP contribution in [-0.4, -0.2) is 22.6 Å². The van der Waals surface area contributed by atoms with Crippen LogP contribution in [-0.2, 0) is 6.54 Å². The average molecular weight is 399 g/mol. The third-order valence-electron chi connectivity index (χ3n) is 4.94. The van der Waals surface area contributed by atoms with E-state index in [1.807, 2.05) is 37.3 Å². The molecule has 1 N–H and O–H groups in total. The van der Waals surface area contributed by atoms with Crippen molar-refractivity contribution in [2.45, 2.75) is 13.5 Å². The number of benzene rings is 3. The van der Waals surface area contributed by atoms with Crippen LogP contribution in [0.5, 0.6) is 5.75 Å². The highest BCUT2D eigenvalue weighted by atomic mass is 16.5. The number of ether oxygens (including phenoxy) is 1. The number of aryl methyl sites for hydroxylation is 1. The molecule has 4 aromatic rings. The molecule has 4 rings (SSSR count). The van der Waals surface area contributed by atoms with E-state index in [-0.39, 0.29) is 11.5 Å². The Morgan fingerprint density at radius 1 is 1.03 bits per heavy atom. The van der Waals surface area contributed by atoms with Gasteiger partial charge in [-0.25, -0.2) is 4.98 Å². The Labute approximate surface area is 173 Å². The number of rotatable bonds is 5. The van der Waals surface area contributed by atoms with Gasteiger partial charge < -0.3 is 10.1 Å². The fourth-order valence-corrected chi connectivity index (χ4v) is 3.30. The van der Waals surface area contributed by atoms with Crippen molar-refractivity contribution in [3.63, 3.8) is 0 Å².